The van der Waals surface area contributed by atoms with Crippen LogP contribution in [0.25, 0.3) is 0 Å². The van der Waals surface area contributed by atoms with Crippen LogP contribution in [0.5, 0.6) is 0 Å². The normalized spacial score (nSPS) is 16.7. The average molecular weight is 280 g/mol. The highest BCUT2D eigenvalue weighted by atomic mass is 32.2. The number of carbonyl (C=O) groups is 1. The number of hydrogen-bond donors (Lipinski definition) is 2. The van der Waals surface area contributed by atoms with E-state index in [0.29, 0.717) is 5.69 Å². The van der Waals surface area contributed by atoms with E-state index in [9.17, 15) is 13.2 Å². The predicted molar refractivity (Wildman–Crippen MR) is 67.3 cm³/mol. The standard InChI is InChI=1S/C11H12N4O3S/c12-6-8-5-9(13)1-2-10(8)19(17,18)15-4-3-14-11(16)7-15/h1-2,5H,3-4,7,13H2,(H,14,16). The monoisotopic (exact) mass is 280 g/mol. The van der Waals surface area contributed by atoms with Crippen LogP contribution in [-0.2, 0) is 14.8 Å². The Kier molecular flexibility index (Phi) is 3.42. The molecule has 8 heteroatoms. The van der Waals surface area contributed by atoms with Crippen molar-refractivity contribution in [3.8, 4) is 6.07 Å². The van der Waals surface area contributed by atoms with Crippen LogP contribution in [0, 0.1) is 11.3 Å². The second-order valence-corrected chi connectivity index (χ2v) is 5.96. The third-order valence-corrected chi connectivity index (χ3v) is 4.65. The first kappa shape index (κ1) is 13.3. The van der Waals surface area contributed by atoms with Crippen molar-refractivity contribution in [1.82, 2.24) is 9.62 Å². The van der Waals surface area contributed by atoms with Gasteiger partial charge in [0, 0.05) is 18.8 Å². The lowest BCUT2D eigenvalue weighted by atomic mass is 10.2. The summed E-state index contributed by atoms with van der Waals surface area (Å²) < 4.78 is 25.8. The van der Waals surface area contributed by atoms with E-state index in [-0.39, 0.29) is 36.0 Å². The number of benzene rings is 1. The Labute approximate surface area is 110 Å². The van der Waals surface area contributed by atoms with E-state index < -0.39 is 10.0 Å². The zero-order valence-corrected chi connectivity index (χ0v) is 10.8. The van der Waals surface area contributed by atoms with E-state index in [1.54, 1.807) is 6.07 Å². The number of anilines is 1. The number of hydrogen-bond acceptors (Lipinski definition) is 5. The van der Waals surface area contributed by atoms with Crippen molar-refractivity contribution in [3.63, 3.8) is 0 Å². The van der Waals surface area contributed by atoms with Gasteiger partial charge >= 0.3 is 0 Å². The van der Waals surface area contributed by atoms with Crippen LogP contribution in [0.1, 0.15) is 5.56 Å². The van der Waals surface area contributed by atoms with E-state index in [2.05, 4.69) is 5.32 Å². The van der Waals surface area contributed by atoms with Gasteiger partial charge < -0.3 is 11.1 Å². The molecular weight excluding hydrogens is 268 g/mol. The number of nitrogens with zero attached hydrogens (tertiary/aromatic N) is 2. The van der Waals surface area contributed by atoms with Crippen molar-refractivity contribution >= 4 is 21.6 Å². The molecule has 1 aliphatic rings. The molecule has 0 aromatic heterocycles. The molecule has 1 aliphatic heterocycles. The predicted octanol–water partition coefficient (Wildman–Crippen LogP) is -0.739. The van der Waals surface area contributed by atoms with E-state index in [1.807, 2.05) is 0 Å². The number of sulfonamides is 1. The first-order chi connectivity index (χ1) is 8.95. The highest BCUT2D eigenvalue weighted by molar-refractivity contribution is 7.89. The lowest BCUT2D eigenvalue weighted by molar-refractivity contribution is -0.122. The molecule has 0 atom stereocenters. The van der Waals surface area contributed by atoms with Gasteiger partial charge in [0.15, 0.2) is 0 Å². The lowest BCUT2D eigenvalue weighted by Crippen LogP contribution is -2.49. The molecule has 1 heterocycles. The zero-order chi connectivity index (χ0) is 14.0. The van der Waals surface area contributed by atoms with Crippen LogP contribution in [0.4, 0.5) is 5.69 Å². The quantitative estimate of drug-likeness (QED) is 0.692. The van der Waals surface area contributed by atoms with Crippen molar-refractivity contribution in [3.05, 3.63) is 23.8 Å². The molecule has 0 aliphatic carbocycles. The molecule has 0 bridgehead atoms. The van der Waals surface area contributed by atoms with Gasteiger partial charge in [-0.3, -0.25) is 4.79 Å². The van der Waals surface area contributed by atoms with E-state index in [1.165, 1.54) is 18.2 Å². The molecule has 0 radical (unpaired) electrons. The number of nitrogen functional groups attached to an aromatic ring is 1. The molecule has 3 N–H and O–H groups in total. The summed E-state index contributed by atoms with van der Waals surface area (Å²) in [7, 11) is -3.86. The smallest absolute Gasteiger partial charge is 0.244 e. The molecule has 0 saturated carbocycles. The number of nitrogens with two attached hydrogens (primary N) is 1. The van der Waals surface area contributed by atoms with Crippen LogP contribution in [-0.4, -0.2) is 38.3 Å². The molecule has 1 amide bonds. The number of nitriles is 1. The maximum atomic E-state index is 12.4. The number of piperazine rings is 1. The second kappa shape index (κ2) is 4.87. The average Bonchev–Trinajstić information content (AvgIpc) is 2.38. The zero-order valence-electron chi connectivity index (χ0n) is 9.96. The minimum absolute atomic E-state index is 0.0222. The Balaban J connectivity index is 2.45. The first-order valence-electron chi connectivity index (χ1n) is 5.51. The maximum Gasteiger partial charge on any atom is 0.244 e. The Morgan fingerprint density at radius 2 is 2.16 bits per heavy atom. The molecular formula is C11H12N4O3S. The summed E-state index contributed by atoms with van der Waals surface area (Å²) in [4.78, 5) is 11.1. The Morgan fingerprint density at radius 1 is 1.42 bits per heavy atom. The third-order valence-electron chi connectivity index (χ3n) is 2.75. The Hall–Kier alpha value is -2.11. The fourth-order valence-electron chi connectivity index (χ4n) is 1.82. The van der Waals surface area contributed by atoms with Gasteiger partial charge in [-0.15, -0.1) is 0 Å². The van der Waals surface area contributed by atoms with Crippen LogP contribution >= 0.6 is 0 Å². The molecule has 0 spiro atoms. The Bertz CT molecular complexity index is 663. The van der Waals surface area contributed by atoms with Gasteiger partial charge in [0.2, 0.25) is 15.9 Å². The third kappa shape index (κ3) is 2.52. The van der Waals surface area contributed by atoms with E-state index in [4.69, 9.17) is 11.0 Å². The van der Waals surface area contributed by atoms with Gasteiger partial charge in [-0.25, -0.2) is 8.42 Å². The van der Waals surface area contributed by atoms with Gasteiger partial charge in [0.05, 0.1) is 12.1 Å². The molecule has 1 saturated heterocycles. The minimum atomic E-state index is -3.86. The first-order valence-corrected chi connectivity index (χ1v) is 6.95. The molecule has 1 fully saturated rings. The van der Waals surface area contributed by atoms with Crippen LogP contribution in [0.15, 0.2) is 23.1 Å². The van der Waals surface area contributed by atoms with Crippen molar-refractivity contribution in [1.29, 1.82) is 5.26 Å². The number of rotatable bonds is 2. The van der Waals surface area contributed by atoms with Gasteiger partial charge in [0.1, 0.15) is 11.0 Å². The van der Waals surface area contributed by atoms with Crippen molar-refractivity contribution in [2.75, 3.05) is 25.4 Å². The summed E-state index contributed by atoms with van der Waals surface area (Å²) >= 11 is 0. The summed E-state index contributed by atoms with van der Waals surface area (Å²) in [6, 6.07) is 5.81. The van der Waals surface area contributed by atoms with Crippen molar-refractivity contribution < 1.29 is 13.2 Å². The lowest BCUT2D eigenvalue weighted by Gasteiger charge is -2.26. The fourth-order valence-corrected chi connectivity index (χ4v) is 3.34. The largest absolute Gasteiger partial charge is 0.399 e. The molecule has 2 rings (SSSR count). The number of nitrogens with one attached hydrogen (secondary N) is 1. The maximum absolute atomic E-state index is 12.4. The SMILES string of the molecule is N#Cc1cc(N)ccc1S(=O)(=O)N1CCNC(=O)C1. The van der Waals surface area contributed by atoms with Crippen molar-refractivity contribution in [2.24, 2.45) is 0 Å². The summed E-state index contributed by atoms with van der Waals surface area (Å²) in [5.74, 6) is -0.358. The molecule has 19 heavy (non-hydrogen) atoms. The van der Waals surface area contributed by atoms with E-state index in [0.717, 1.165) is 4.31 Å². The van der Waals surface area contributed by atoms with Crippen LogP contribution in [0.2, 0.25) is 0 Å². The highest BCUT2D eigenvalue weighted by Crippen LogP contribution is 2.22. The molecule has 0 unspecified atom stereocenters. The summed E-state index contributed by atoms with van der Waals surface area (Å²) in [6.07, 6.45) is 0. The van der Waals surface area contributed by atoms with Gasteiger partial charge in [-0.05, 0) is 18.2 Å². The fraction of sp³-hybridized carbons (Fsp3) is 0.273. The van der Waals surface area contributed by atoms with Gasteiger partial charge in [0.25, 0.3) is 0 Å². The molecule has 1 aromatic carbocycles. The number of carbonyl (C=O) groups excluding carboxylic acids is 1. The van der Waals surface area contributed by atoms with E-state index >= 15 is 0 Å². The van der Waals surface area contributed by atoms with Gasteiger partial charge in [-0.2, -0.15) is 9.57 Å². The summed E-state index contributed by atoms with van der Waals surface area (Å²) in [6.45, 7) is 0.204. The topological polar surface area (TPSA) is 116 Å². The van der Waals surface area contributed by atoms with Crippen LogP contribution < -0.4 is 11.1 Å². The summed E-state index contributed by atoms with van der Waals surface area (Å²) in [5.41, 5.74) is 5.81. The molecule has 1 aromatic rings. The minimum Gasteiger partial charge on any atom is -0.399 e. The van der Waals surface area contributed by atoms with Crippen molar-refractivity contribution in [2.45, 2.75) is 4.90 Å². The van der Waals surface area contributed by atoms with Crippen LogP contribution in [0.3, 0.4) is 0 Å². The summed E-state index contributed by atoms with van der Waals surface area (Å²) in [5, 5.41) is 11.5. The number of amides is 1. The molecule has 100 valence electrons. The Morgan fingerprint density at radius 3 is 2.79 bits per heavy atom. The van der Waals surface area contributed by atoms with Gasteiger partial charge in [-0.1, -0.05) is 0 Å². The molecule has 7 nitrogen and oxygen atoms in total. The second-order valence-electron chi connectivity index (χ2n) is 4.06. The highest BCUT2D eigenvalue weighted by Gasteiger charge is 2.30.